The van der Waals surface area contributed by atoms with E-state index in [1.165, 1.54) is 22.3 Å². The number of fused-ring (bicyclic) bond motifs is 1. The lowest BCUT2D eigenvalue weighted by atomic mass is 10.0. The smallest absolute Gasteiger partial charge is 0.415 e. The van der Waals surface area contributed by atoms with Gasteiger partial charge in [0.25, 0.3) is 5.56 Å². The monoisotopic (exact) mass is 428 g/mol. The molecule has 6 nitrogen and oxygen atoms in total. The van der Waals surface area contributed by atoms with Gasteiger partial charge >= 0.3 is 6.09 Å². The Bertz CT molecular complexity index is 1120. The number of rotatable bonds is 4. The number of hydrogen-bond acceptors (Lipinski definition) is 5. The van der Waals surface area contributed by atoms with Gasteiger partial charge in [0.2, 0.25) is 0 Å². The van der Waals surface area contributed by atoms with Crippen LogP contribution in [0.1, 0.15) is 34.6 Å². The summed E-state index contributed by atoms with van der Waals surface area (Å²) in [5.41, 5.74) is -0.152. The lowest BCUT2D eigenvalue weighted by molar-refractivity contribution is 0.0587. The number of ether oxygens (including phenoxy) is 1. The van der Waals surface area contributed by atoms with Gasteiger partial charge in [0.15, 0.2) is 0 Å². The molecule has 0 saturated heterocycles. The molecule has 0 radical (unpaired) electrons. The van der Waals surface area contributed by atoms with Crippen LogP contribution in [0.2, 0.25) is 0 Å². The second kappa shape index (κ2) is 8.14. The number of aromatic hydroxyl groups is 1. The van der Waals surface area contributed by atoms with Crippen molar-refractivity contribution in [1.82, 2.24) is 4.57 Å². The Balaban J connectivity index is 2.41. The minimum Gasteiger partial charge on any atom is -0.508 e. The van der Waals surface area contributed by atoms with Gasteiger partial charge in [-0.25, -0.2) is 4.79 Å². The third-order valence-electron chi connectivity index (χ3n) is 4.53. The first-order valence-corrected chi connectivity index (χ1v) is 10.8. The Hall–Kier alpha value is -2.80. The zero-order chi connectivity index (χ0) is 22.2. The van der Waals surface area contributed by atoms with Gasteiger partial charge in [0, 0.05) is 34.8 Å². The highest BCUT2D eigenvalue weighted by atomic mass is 32.1. The van der Waals surface area contributed by atoms with Crippen LogP contribution in [0.25, 0.3) is 21.2 Å². The highest BCUT2D eigenvalue weighted by molar-refractivity contribution is 7.13. The molecule has 2 aromatic heterocycles. The molecular weight excluding hydrogens is 400 g/mol. The number of anilines is 1. The minimum atomic E-state index is -0.674. The van der Waals surface area contributed by atoms with E-state index in [1.54, 1.807) is 44.5 Å². The van der Waals surface area contributed by atoms with Gasteiger partial charge in [-0.2, -0.15) is 0 Å². The Morgan fingerprint density at radius 1 is 1.23 bits per heavy atom. The topological polar surface area (TPSA) is 71.8 Å². The van der Waals surface area contributed by atoms with Crippen molar-refractivity contribution >= 4 is 34.0 Å². The fraction of sp³-hybridized carbons (Fsp3) is 0.391. The number of carbonyl (C=O) groups is 1. The fourth-order valence-electron chi connectivity index (χ4n) is 3.39. The summed E-state index contributed by atoms with van der Waals surface area (Å²) in [5.74, 6) is 0.704. The van der Waals surface area contributed by atoms with Crippen molar-refractivity contribution in [2.75, 3.05) is 11.9 Å². The number of phenolic OH excluding ortho intramolecular Hbond substituents is 1. The maximum atomic E-state index is 13.4. The SMILES string of the molecule is CC(C)Cn1c(N(C)C(=O)OC(C)(C)C)c(-c2cccs2)c2cc(O)ccc2c1=O. The van der Waals surface area contributed by atoms with Crippen LogP contribution in [0.15, 0.2) is 40.5 Å². The molecular formula is C23H28N2O4S. The Labute approximate surface area is 180 Å². The van der Waals surface area contributed by atoms with Crippen molar-refractivity contribution in [3.8, 4) is 16.2 Å². The highest BCUT2D eigenvalue weighted by Gasteiger charge is 2.28. The van der Waals surface area contributed by atoms with Crippen molar-refractivity contribution in [3.05, 3.63) is 46.1 Å². The van der Waals surface area contributed by atoms with Crippen molar-refractivity contribution in [3.63, 3.8) is 0 Å². The Kier molecular flexibility index (Phi) is 5.94. The number of hydrogen-bond donors (Lipinski definition) is 1. The van der Waals surface area contributed by atoms with Gasteiger partial charge in [0.05, 0.1) is 0 Å². The largest absolute Gasteiger partial charge is 0.508 e. The molecule has 0 unspecified atom stereocenters. The van der Waals surface area contributed by atoms with E-state index in [2.05, 4.69) is 0 Å². The molecule has 30 heavy (non-hydrogen) atoms. The molecule has 2 heterocycles. The Morgan fingerprint density at radius 2 is 1.93 bits per heavy atom. The quantitative estimate of drug-likeness (QED) is 0.599. The number of pyridine rings is 1. The molecule has 0 aliphatic rings. The third-order valence-corrected chi connectivity index (χ3v) is 5.42. The van der Waals surface area contributed by atoms with Crippen molar-refractivity contribution in [1.29, 1.82) is 0 Å². The summed E-state index contributed by atoms with van der Waals surface area (Å²) in [4.78, 5) is 28.7. The summed E-state index contributed by atoms with van der Waals surface area (Å²) in [6.07, 6.45) is -0.545. The molecule has 0 aliphatic heterocycles. The minimum absolute atomic E-state index is 0.0622. The maximum Gasteiger partial charge on any atom is 0.415 e. The molecule has 0 bridgehead atoms. The number of amides is 1. The molecule has 0 saturated carbocycles. The molecule has 0 atom stereocenters. The van der Waals surface area contributed by atoms with Gasteiger partial charge in [-0.1, -0.05) is 19.9 Å². The number of nitrogens with zero attached hydrogens (tertiary/aromatic N) is 2. The fourth-order valence-corrected chi connectivity index (χ4v) is 4.17. The molecule has 7 heteroatoms. The van der Waals surface area contributed by atoms with E-state index in [0.717, 1.165) is 10.4 Å². The third kappa shape index (κ3) is 4.36. The van der Waals surface area contributed by atoms with Crippen LogP contribution >= 0.6 is 11.3 Å². The first-order chi connectivity index (χ1) is 14.0. The number of phenols is 1. The van der Waals surface area contributed by atoms with Crippen LogP contribution in [-0.4, -0.2) is 28.4 Å². The van der Waals surface area contributed by atoms with Gasteiger partial charge in [-0.3, -0.25) is 14.3 Å². The second-order valence-electron chi connectivity index (χ2n) is 8.75. The van der Waals surface area contributed by atoms with Crippen molar-refractivity contribution in [2.45, 2.75) is 46.8 Å². The zero-order valence-corrected chi connectivity index (χ0v) is 19.0. The summed E-state index contributed by atoms with van der Waals surface area (Å²) in [7, 11) is 1.62. The summed E-state index contributed by atoms with van der Waals surface area (Å²) in [6, 6.07) is 8.60. The van der Waals surface area contributed by atoms with Crippen LogP contribution in [-0.2, 0) is 11.3 Å². The van der Waals surface area contributed by atoms with Crippen LogP contribution < -0.4 is 10.5 Å². The van der Waals surface area contributed by atoms with E-state index in [1.807, 2.05) is 31.4 Å². The molecule has 0 fully saturated rings. The van der Waals surface area contributed by atoms with E-state index in [-0.39, 0.29) is 17.2 Å². The average molecular weight is 429 g/mol. The van der Waals surface area contributed by atoms with E-state index < -0.39 is 11.7 Å². The molecule has 0 spiro atoms. The van der Waals surface area contributed by atoms with Gasteiger partial charge in [0.1, 0.15) is 17.2 Å². The van der Waals surface area contributed by atoms with Crippen LogP contribution in [0.4, 0.5) is 10.6 Å². The predicted octanol–water partition coefficient (Wildman–Crippen LogP) is 5.46. The summed E-state index contributed by atoms with van der Waals surface area (Å²) >= 11 is 1.51. The van der Waals surface area contributed by atoms with Gasteiger partial charge in [-0.05, 0) is 56.3 Å². The zero-order valence-electron chi connectivity index (χ0n) is 18.2. The number of carbonyl (C=O) groups excluding carboxylic acids is 1. The summed E-state index contributed by atoms with van der Waals surface area (Å²) < 4.78 is 7.23. The standard InChI is InChI=1S/C23H28N2O4S/c1-14(2)13-25-20(24(6)22(28)29-23(3,4)5)19(18-8-7-11-30-18)17-12-15(26)9-10-16(17)21(25)27/h7-12,14,26H,13H2,1-6H3. The van der Waals surface area contributed by atoms with Crippen LogP contribution in [0.3, 0.4) is 0 Å². The molecule has 3 rings (SSSR count). The molecule has 3 aromatic rings. The lowest BCUT2D eigenvalue weighted by Crippen LogP contribution is -2.38. The normalized spacial score (nSPS) is 11.8. The molecule has 1 N–H and O–H groups in total. The molecule has 160 valence electrons. The summed E-state index contributed by atoms with van der Waals surface area (Å²) in [6.45, 7) is 9.90. The van der Waals surface area contributed by atoms with E-state index in [9.17, 15) is 14.7 Å². The number of aromatic nitrogens is 1. The van der Waals surface area contributed by atoms with Gasteiger partial charge < -0.3 is 9.84 Å². The molecule has 1 aromatic carbocycles. The first kappa shape index (κ1) is 21.9. The number of thiophene rings is 1. The Morgan fingerprint density at radius 3 is 2.50 bits per heavy atom. The van der Waals surface area contributed by atoms with Gasteiger partial charge in [-0.15, -0.1) is 11.3 Å². The van der Waals surface area contributed by atoms with E-state index in [4.69, 9.17) is 4.74 Å². The maximum absolute atomic E-state index is 13.4. The first-order valence-electron chi connectivity index (χ1n) is 9.89. The van der Waals surface area contributed by atoms with Crippen LogP contribution in [0.5, 0.6) is 5.75 Å². The van der Waals surface area contributed by atoms with Crippen molar-refractivity contribution < 1.29 is 14.6 Å². The number of benzene rings is 1. The van der Waals surface area contributed by atoms with E-state index >= 15 is 0 Å². The lowest BCUT2D eigenvalue weighted by Gasteiger charge is -2.29. The van der Waals surface area contributed by atoms with E-state index in [0.29, 0.717) is 23.1 Å². The second-order valence-corrected chi connectivity index (χ2v) is 9.70. The highest BCUT2D eigenvalue weighted by Crippen LogP contribution is 2.40. The van der Waals surface area contributed by atoms with Crippen LogP contribution in [0, 0.1) is 5.92 Å². The average Bonchev–Trinajstić information content (AvgIpc) is 3.15. The molecule has 1 amide bonds. The van der Waals surface area contributed by atoms with Crippen molar-refractivity contribution in [2.24, 2.45) is 5.92 Å². The predicted molar refractivity (Wildman–Crippen MR) is 123 cm³/mol. The summed E-state index contributed by atoms with van der Waals surface area (Å²) in [5, 5.41) is 13.2. The molecule has 0 aliphatic carbocycles.